The minimum Gasteiger partial charge on any atom is -0.378 e. The fraction of sp³-hybridized carbons (Fsp3) is 0.833. The maximum absolute atomic E-state index is 12.2. The van der Waals surface area contributed by atoms with Crippen molar-refractivity contribution in [3.05, 3.63) is 0 Å². The Morgan fingerprint density at radius 1 is 1.47 bits per heavy atom. The Hall–Kier alpha value is -1.34. The lowest BCUT2D eigenvalue weighted by molar-refractivity contribution is -0.136. The van der Waals surface area contributed by atoms with E-state index in [1.165, 1.54) is 0 Å². The number of nitrogens with zero attached hydrogens (tertiary/aromatic N) is 2. The number of guanidine groups is 1. The summed E-state index contributed by atoms with van der Waals surface area (Å²) in [6, 6.07) is -0.352. The quantitative estimate of drug-likeness (QED) is 0.205. The number of carbonyl (C=O) groups excluding carboxylic acids is 1. The van der Waals surface area contributed by atoms with Gasteiger partial charge in [0.15, 0.2) is 0 Å². The van der Waals surface area contributed by atoms with Crippen molar-refractivity contribution in [2.45, 2.75) is 32.7 Å². The summed E-state index contributed by atoms with van der Waals surface area (Å²) in [6.07, 6.45) is 2.07. The third-order valence-electron chi connectivity index (χ3n) is 2.96. The van der Waals surface area contributed by atoms with E-state index in [2.05, 4.69) is 22.7 Å². The van der Waals surface area contributed by atoms with Crippen LogP contribution < -0.4 is 16.6 Å². The molecule has 0 bridgehead atoms. The highest BCUT2D eigenvalue weighted by atomic mass is 16.5. The van der Waals surface area contributed by atoms with Crippen LogP contribution >= 0.6 is 0 Å². The molecular weight excluding hydrogens is 246 g/mol. The van der Waals surface area contributed by atoms with Gasteiger partial charge in [0, 0.05) is 19.6 Å². The summed E-state index contributed by atoms with van der Waals surface area (Å²) in [5.74, 6) is 5.90. The van der Waals surface area contributed by atoms with Gasteiger partial charge in [-0.2, -0.15) is 0 Å². The molecule has 0 aromatic rings. The fourth-order valence-electron chi connectivity index (χ4n) is 1.81. The number of ether oxygens (including phenoxy) is 1. The summed E-state index contributed by atoms with van der Waals surface area (Å²) in [5, 5.41) is 3.00. The molecule has 1 fully saturated rings. The van der Waals surface area contributed by atoms with Crippen LogP contribution in [0.3, 0.4) is 0 Å². The van der Waals surface area contributed by atoms with Crippen molar-refractivity contribution in [1.82, 2.24) is 15.6 Å². The van der Waals surface area contributed by atoms with E-state index in [0.29, 0.717) is 38.8 Å². The van der Waals surface area contributed by atoms with Crippen molar-refractivity contribution in [1.29, 1.82) is 0 Å². The first kappa shape index (κ1) is 15.7. The lowest BCUT2D eigenvalue weighted by Gasteiger charge is -2.29. The first-order valence-corrected chi connectivity index (χ1v) is 6.83. The Labute approximate surface area is 114 Å². The molecule has 1 atom stereocenters. The summed E-state index contributed by atoms with van der Waals surface area (Å²) < 4.78 is 5.23. The van der Waals surface area contributed by atoms with Gasteiger partial charge in [-0.3, -0.25) is 15.2 Å². The number of rotatable bonds is 5. The number of aliphatic imine (C=N–C) groups is 1. The van der Waals surface area contributed by atoms with Crippen molar-refractivity contribution >= 4 is 11.9 Å². The second kappa shape index (κ2) is 8.71. The maximum atomic E-state index is 12.2. The molecule has 1 unspecified atom stereocenters. The zero-order chi connectivity index (χ0) is 14.1. The minimum absolute atomic E-state index is 0.0433. The van der Waals surface area contributed by atoms with E-state index in [9.17, 15) is 4.79 Å². The number of nitrogens with two attached hydrogens (primary N) is 1. The van der Waals surface area contributed by atoms with Crippen molar-refractivity contribution in [2.24, 2.45) is 10.8 Å². The fourth-order valence-corrected chi connectivity index (χ4v) is 1.81. The van der Waals surface area contributed by atoms with Crippen LogP contribution in [0.5, 0.6) is 0 Å². The molecule has 110 valence electrons. The van der Waals surface area contributed by atoms with Gasteiger partial charge in [0.05, 0.1) is 13.2 Å². The van der Waals surface area contributed by atoms with Gasteiger partial charge in [-0.25, -0.2) is 5.84 Å². The largest absolute Gasteiger partial charge is 0.378 e. The number of carbonyl (C=O) groups is 1. The summed E-state index contributed by atoms with van der Waals surface area (Å²) in [7, 11) is 0. The van der Waals surface area contributed by atoms with Gasteiger partial charge in [-0.05, 0) is 13.3 Å². The van der Waals surface area contributed by atoms with Gasteiger partial charge in [-0.1, -0.05) is 13.3 Å². The normalized spacial score (nSPS) is 18.1. The van der Waals surface area contributed by atoms with Crippen LogP contribution in [0.1, 0.15) is 26.7 Å². The molecule has 1 heterocycles. The highest BCUT2D eigenvalue weighted by molar-refractivity contribution is 5.88. The Kier molecular flexibility index (Phi) is 7.20. The Bertz CT molecular complexity index is 302. The van der Waals surface area contributed by atoms with E-state index in [4.69, 9.17) is 10.6 Å². The first-order valence-electron chi connectivity index (χ1n) is 6.83. The predicted octanol–water partition coefficient (Wildman–Crippen LogP) is -0.557. The van der Waals surface area contributed by atoms with Crippen LogP contribution in [0.15, 0.2) is 4.99 Å². The number of morpholine rings is 1. The number of hydrogen-bond acceptors (Lipinski definition) is 4. The average Bonchev–Trinajstić information content (AvgIpc) is 2.46. The molecule has 1 amide bonds. The van der Waals surface area contributed by atoms with Gasteiger partial charge in [0.1, 0.15) is 6.04 Å². The second-order valence-electron chi connectivity index (χ2n) is 4.53. The van der Waals surface area contributed by atoms with E-state index >= 15 is 0 Å². The highest BCUT2D eigenvalue weighted by Gasteiger charge is 2.22. The zero-order valence-electron chi connectivity index (χ0n) is 11.8. The SMILES string of the molecule is CCCCN=C(NN)NC(C)C(=O)N1CCOCC1. The topological polar surface area (TPSA) is 92.0 Å². The van der Waals surface area contributed by atoms with E-state index in [1.54, 1.807) is 4.90 Å². The second-order valence-corrected chi connectivity index (χ2v) is 4.53. The molecule has 0 saturated carbocycles. The molecule has 1 saturated heterocycles. The van der Waals surface area contributed by atoms with Crippen LogP contribution in [-0.2, 0) is 9.53 Å². The molecule has 1 aliphatic heterocycles. The Morgan fingerprint density at radius 3 is 2.74 bits per heavy atom. The van der Waals surface area contributed by atoms with E-state index in [1.807, 2.05) is 6.92 Å². The van der Waals surface area contributed by atoms with E-state index in [-0.39, 0.29) is 11.9 Å². The smallest absolute Gasteiger partial charge is 0.245 e. The maximum Gasteiger partial charge on any atom is 0.245 e. The van der Waals surface area contributed by atoms with Crippen LogP contribution in [0, 0.1) is 0 Å². The number of unbranched alkanes of at least 4 members (excludes halogenated alkanes) is 1. The summed E-state index contributed by atoms with van der Waals surface area (Å²) in [4.78, 5) is 18.2. The number of hydrogen-bond donors (Lipinski definition) is 3. The van der Waals surface area contributed by atoms with E-state index < -0.39 is 0 Å². The van der Waals surface area contributed by atoms with Gasteiger partial charge >= 0.3 is 0 Å². The number of amides is 1. The Morgan fingerprint density at radius 2 is 2.16 bits per heavy atom. The van der Waals surface area contributed by atoms with Crippen molar-refractivity contribution in [3.8, 4) is 0 Å². The van der Waals surface area contributed by atoms with Crippen molar-refractivity contribution in [3.63, 3.8) is 0 Å². The van der Waals surface area contributed by atoms with Crippen LogP contribution in [0.4, 0.5) is 0 Å². The molecule has 7 nitrogen and oxygen atoms in total. The zero-order valence-corrected chi connectivity index (χ0v) is 11.8. The molecule has 19 heavy (non-hydrogen) atoms. The summed E-state index contributed by atoms with van der Waals surface area (Å²) in [6.45, 7) is 7.09. The predicted molar refractivity (Wildman–Crippen MR) is 74.5 cm³/mol. The Balaban J connectivity index is 2.44. The highest BCUT2D eigenvalue weighted by Crippen LogP contribution is 2.00. The van der Waals surface area contributed by atoms with Crippen molar-refractivity contribution in [2.75, 3.05) is 32.8 Å². The molecule has 4 N–H and O–H groups in total. The molecule has 0 spiro atoms. The average molecular weight is 271 g/mol. The standard InChI is InChI=1S/C12H25N5O2/c1-3-4-5-14-12(16-13)15-10(2)11(18)17-6-8-19-9-7-17/h10H,3-9,13H2,1-2H3,(H2,14,15,16). The summed E-state index contributed by atoms with van der Waals surface area (Å²) >= 11 is 0. The lowest BCUT2D eigenvalue weighted by atomic mass is 10.2. The van der Waals surface area contributed by atoms with Gasteiger partial charge in [-0.15, -0.1) is 0 Å². The minimum atomic E-state index is -0.352. The third-order valence-corrected chi connectivity index (χ3v) is 2.96. The van der Waals surface area contributed by atoms with Gasteiger partial charge in [0.25, 0.3) is 0 Å². The third kappa shape index (κ3) is 5.44. The molecule has 0 aromatic carbocycles. The number of hydrazine groups is 1. The first-order chi connectivity index (χ1) is 9.19. The molecule has 7 heteroatoms. The monoisotopic (exact) mass is 271 g/mol. The lowest BCUT2D eigenvalue weighted by Crippen LogP contribution is -2.54. The van der Waals surface area contributed by atoms with Crippen LogP contribution in [0.2, 0.25) is 0 Å². The molecule has 0 radical (unpaired) electrons. The van der Waals surface area contributed by atoms with E-state index in [0.717, 1.165) is 12.8 Å². The molecule has 0 aliphatic carbocycles. The summed E-state index contributed by atoms with van der Waals surface area (Å²) in [5.41, 5.74) is 2.49. The number of nitrogens with one attached hydrogen (secondary N) is 2. The molecule has 1 aliphatic rings. The van der Waals surface area contributed by atoms with Gasteiger partial charge < -0.3 is 15.0 Å². The van der Waals surface area contributed by atoms with Crippen LogP contribution in [0.25, 0.3) is 0 Å². The molecular formula is C12H25N5O2. The van der Waals surface area contributed by atoms with Gasteiger partial charge in [0.2, 0.25) is 11.9 Å². The molecule has 0 aromatic heterocycles. The van der Waals surface area contributed by atoms with Crippen LogP contribution in [-0.4, -0.2) is 55.7 Å². The van der Waals surface area contributed by atoms with Crippen molar-refractivity contribution < 1.29 is 9.53 Å². The molecule has 1 rings (SSSR count).